The van der Waals surface area contributed by atoms with E-state index >= 15 is 0 Å². The standard InChI is InChI=1S/C12H17FN2O3/c1-3-12(16,4-2)8-14-10-6-5-9(13)7-11(10)15(17)18/h5-7,14,16H,3-4,8H2,1-2H3. The molecule has 100 valence electrons. The molecule has 5 nitrogen and oxygen atoms in total. The minimum absolute atomic E-state index is 0.187. The first-order valence-corrected chi connectivity index (χ1v) is 5.82. The minimum Gasteiger partial charge on any atom is -0.388 e. The van der Waals surface area contributed by atoms with Crippen molar-refractivity contribution in [2.45, 2.75) is 32.3 Å². The molecule has 0 unspecified atom stereocenters. The van der Waals surface area contributed by atoms with Gasteiger partial charge < -0.3 is 10.4 Å². The van der Waals surface area contributed by atoms with Gasteiger partial charge in [0.05, 0.1) is 16.6 Å². The van der Waals surface area contributed by atoms with Gasteiger partial charge in [-0.15, -0.1) is 0 Å². The summed E-state index contributed by atoms with van der Waals surface area (Å²) < 4.78 is 12.9. The summed E-state index contributed by atoms with van der Waals surface area (Å²) in [7, 11) is 0. The molecule has 0 radical (unpaired) electrons. The Morgan fingerprint density at radius 2 is 2.06 bits per heavy atom. The van der Waals surface area contributed by atoms with Crippen LogP contribution in [0.2, 0.25) is 0 Å². The maximum Gasteiger partial charge on any atom is 0.295 e. The largest absolute Gasteiger partial charge is 0.388 e. The van der Waals surface area contributed by atoms with Gasteiger partial charge in [0.2, 0.25) is 0 Å². The summed E-state index contributed by atoms with van der Waals surface area (Å²) in [5.74, 6) is -0.659. The van der Waals surface area contributed by atoms with Crippen LogP contribution in [0.15, 0.2) is 18.2 Å². The van der Waals surface area contributed by atoms with Gasteiger partial charge >= 0.3 is 0 Å². The summed E-state index contributed by atoms with van der Waals surface area (Å²) >= 11 is 0. The second kappa shape index (κ2) is 5.77. The Balaban J connectivity index is 2.88. The lowest BCUT2D eigenvalue weighted by atomic mass is 9.97. The fourth-order valence-electron chi connectivity index (χ4n) is 1.57. The number of aliphatic hydroxyl groups is 1. The van der Waals surface area contributed by atoms with E-state index in [9.17, 15) is 19.6 Å². The van der Waals surface area contributed by atoms with Crippen LogP contribution in [0.5, 0.6) is 0 Å². The van der Waals surface area contributed by atoms with Crippen molar-refractivity contribution < 1.29 is 14.4 Å². The highest BCUT2D eigenvalue weighted by Gasteiger charge is 2.23. The van der Waals surface area contributed by atoms with Crippen molar-refractivity contribution >= 4 is 11.4 Å². The van der Waals surface area contributed by atoms with E-state index in [0.29, 0.717) is 12.8 Å². The highest BCUT2D eigenvalue weighted by molar-refractivity contribution is 5.61. The van der Waals surface area contributed by atoms with Gasteiger partial charge in [-0.05, 0) is 25.0 Å². The average Bonchev–Trinajstić information content (AvgIpc) is 2.36. The molecule has 0 bridgehead atoms. The third-order valence-electron chi connectivity index (χ3n) is 3.08. The number of nitrogens with one attached hydrogen (secondary N) is 1. The van der Waals surface area contributed by atoms with E-state index in [2.05, 4.69) is 5.32 Å². The summed E-state index contributed by atoms with van der Waals surface area (Å²) in [5, 5.41) is 23.6. The highest BCUT2D eigenvalue weighted by Crippen LogP contribution is 2.26. The van der Waals surface area contributed by atoms with Crippen LogP contribution >= 0.6 is 0 Å². The minimum atomic E-state index is -0.914. The zero-order valence-corrected chi connectivity index (χ0v) is 10.4. The number of nitrogens with zero attached hydrogens (tertiary/aromatic N) is 1. The molecular formula is C12H17FN2O3. The lowest BCUT2D eigenvalue weighted by Crippen LogP contribution is -2.35. The van der Waals surface area contributed by atoms with E-state index in [1.807, 2.05) is 13.8 Å². The van der Waals surface area contributed by atoms with Crippen molar-refractivity contribution in [1.82, 2.24) is 0 Å². The van der Waals surface area contributed by atoms with Crippen LogP contribution in [0.1, 0.15) is 26.7 Å². The number of benzene rings is 1. The van der Waals surface area contributed by atoms with E-state index in [1.165, 1.54) is 6.07 Å². The summed E-state index contributed by atoms with van der Waals surface area (Å²) in [5.41, 5.74) is -1.03. The Labute approximate surface area is 105 Å². The predicted octanol–water partition coefficient (Wildman–Crippen LogP) is 2.70. The number of nitro benzene ring substituents is 1. The van der Waals surface area contributed by atoms with E-state index in [4.69, 9.17) is 0 Å². The lowest BCUT2D eigenvalue weighted by Gasteiger charge is -2.25. The molecular weight excluding hydrogens is 239 g/mol. The van der Waals surface area contributed by atoms with Gasteiger partial charge in [0, 0.05) is 6.54 Å². The van der Waals surface area contributed by atoms with E-state index in [0.717, 1.165) is 12.1 Å². The Kier molecular flexibility index (Phi) is 4.61. The second-order valence-electron chi connectivity index (χ2n) is 4.20. The van der Waals surface area contributed by atoms with Gasteiger partial charge in [-0.1, -0.05) is 13.8 Å². The lowest BCUT2D eigenvalue weighted by molar-refractivity contribution is -0.384. The van der Waals surface area contributed by atoms with Crippen molar-refractivity contribution in [3.05, 3.63) is 34.1 Å². The number of halogens is 1. The number of anilines is 1. The van der Waals surface area contributed by atoms with Crippen molar-refractivity contribution in [2.24, 2.45) is 0 Å². The summed E-state index contributed by atoms with van der Waals surface area (Å²) in [4.78, 5) is 10.1. The van der Waals surface area contributed by atoms with E-state index in [-0.39, 0.29) is 17.9 Å². The molecule has 0 atom stereocenters. The van der Waals surface area contributed by atoms with Crippen LogP contribution in [0.25, 0.3) is 0 Å². The zero-order chi connectivity index (χ0) is 13.8. The third kappa shape index (κ3) is 3.40. The fraction of sp³-hybridized carbons (Fsp3) is 0.500. The molecule has 1 rings (SSSR count). The Morgan fingerprint density at radius 3 is 2.56 bits per heavy atom. The van der Waals surface area contributed by atoms with Crippen molar-refractivity contribution in [2.75, 3.05) is 11.9 Å². The topological polar surface area (TPSA) is 75.4 Å². The van der Waals surface area contributed by atoms with Crippen LogP contribution in [0.4, 0.5) is 15.8 Å². The molecule has 0 amide bonds. The predicted molar refractivity (Wildman–Crippen MR) is 67.1 cm³/mol. The molecule has 1 aromatic rings. The van der Waals surface area contributed by atoms with Gasteiger partial charge in [0.1, 0.15) is 11.5 Å². The van der Waals surface area contributed by atoms with Gasteiger partial charge in [-0.3, -0.25) is 10.1 Å². The number of nitro groups is 1. The molecule has 0 aliphatic carbocycles. The van der Waals surface area contributed by atoms with E-state index in [1.54, 1.807) is 0 Å². The number of hydrogen-bond acceptors (Lipinski definition) is 4. The van der Waals surface area contributed by atoms with Crippen molar-refractivity contribution in [3.63, 3.8) is 0 Å². The molecule has 1 aromatic carbocycles. The normalized spacial score (nSPS) is 11.3. The van der Waals surface area contributed by atoms with Crippen LogP contribution < -0.4 is 5.32 Å². The first kappa shape index (κ1) is 14.4. The first-order chi connectivity index (χ1) is 8.41. The van der Waals surface area contributed by atoms with Gasteiger partial charge in [0.25, 0.3) is 5.69 Å². The molecule has 0 saturated carbocycles. The van der Waals surface area contributed by atoms with Crippen LogP contribution in [-0.4, -0.2) is 22.2 Å². The zero-order valence-electron chi connectivity index (χ0n) is 10.4. The SMILES string of the molecule is CCC(O)(CC)CNc1ccc(F)cc1[N+](=O)[O-]. The maximum absolute atomic E-state index is 12.9. The Morgan fingerprint density at radius 1 is 1.44 bits per heavy atom. The molecule has 0 aliphatic rings. The fourth-order valence-corrected chi connectivity index (χ4v) is 1.57. The van der Waals surface area contributed by atoms with E-state index < -0.39 is 16.3 Å². The second-order valence-corrected chi connectivity index (χ2v) is 4.20. The molecule has 0 heterocycles. The molecule has 2 N–H and O–H groups in total. The Hall–Kier alpha value is -1.69. The van der Waals surface area contributed by atoms with Gasteiger partial charge in [-0.2, -0.15) is 0 Å². The van der Waals surface area contributed by atoms with Crippen molar-refractivity contribution in [1.29, 1.82) is 0 Å². The molecule has 0 saturated heterocycles. The average molecular weight is 256 g/mol. The van der Waals surface area contributed by atoms with Crippen LogP contribution in [0, 0.1) is 15.9 Å². The third-order valence-corrected chi connectivity index (χ3v) is 3.08. The monoisotopic (exact) mass is 256 g/mol. The highest BCUT2D eigenvalue weighted by atomic mass is 19.1. The number of hydrogen-bond donors (Lipinski definition) is 2. The van der Waals surface area contributed by atoms with Gasteiger partial charge in [0.15, 0.2) is 0 Å². The maximum atomic E-state index is 12.9. The van der Waals surface area contributed by atoms with Gasteiger partial charge in [-0.25, -0.2) is 4.39 Å². The molecule has 18 heavy (non-hydrogen) atoms. The van der Waals surface area contributed by atoms with Crippen LogP contribution in [0.3, 0.4) is 0 Å². The summed E-state index contributed by atoms with van der Waals surface area (Å²) in [6, 6.07) is 3.31. The molecule has 0 aromatic heterocycles. The molecule has 0 aliphatic heterocycles. The van der Waals surface area contributed by atoms with Crippen molar-refractivity contribution in [3.8, 4) is 0 Å². The van der Waals surface area contributed by atoms with Crippen LogP contribution in [-0.2, 0) is 0 Å². The number of rotatable bonds is 6. The smallest absolute Gasteiger partial charge is 0.295 e. The molecule has 0 spiro atoms. The quantitative estimate of drug-likeness (QED) is 0.606. The summed E-state index contributed by atoms with van der Waals surface area (Å²) in [6.07, 6.45) is 1.07. The summed E-state index contributed by atoms with van der Waals surface area (Å²) in [6.45, 7) is 3.86. The Bertz CT molecular complexity index is 433. The molecule has 0 fully saturated rings. The first-order valence-electron chi connectivity index (χ1n) is 5.82. The molecule has 6 heteroatoms.